The predicted octanol–water partition coefficient (Wildman–Crippen LogP) is 3.50. The number of amides is 1. The standard InChI is InChI=1S/C23H23ClN4O2/c24-15-9-14-10-20(23(29)28-7-5-25-6-8-28)30-21(14)17(11-15)16-3-4-26-22-18(16)12-19(27-22)13-1-2-13/h3-4,9,11-13,20,25H,1-2,5-8,10H2,(H,26,27). The minimum Gasteiger partial charge on any atom is -0.479 e. The zero-order chi connectivity index (χ0) is 20.2. The summed E-state index contributed by atoms with van der Waals surface area (Å²) in [5.74, 6) is 1.45. The van der Waals surface area contributed by atoms with Crippen molar-refractivity contribution in [1.82, 2.24) is 20.2 Å². The van der Waals surface area contributed by atoms with E-state index in [4.69, 9.17) is 16.3 Å². The van der Waals surface area contributed by atoms with Gasteiger partial charge in [-0.15, -0.1) is 0 Å². The van der Waals surface area contributed by atoms with Gasteiger partial charge in [0.25, 0.3) is 5.91 Å². The van der Waals surface area contributed by atoms with Crippen LogP contribution in [0.2, 0.25) is 5.02 Å². The molecule has 1 atom stereocenters. The van der Waals surface area contributed by atoms with Crippen molar-refractivity contribution < 1.29 is 9.53 Å². The second-order valence-corrected chi connectivity index (χ2v) is 8.88. The molecule has 1 amide bonds. The quantitative estimate of drug-likeness (QED) is 0.677. The van der Waals surface area contributed by atoms with Crippen molar-refractivity contribution in [1.29, 1.82) is 0 Å². The van der Waals surface area contributed by atoms with Gasteiger partial charge in [0.05, 0.1) is 0 Å². The second kappa shape index (κ2) is 7.00. The van der Waals surface area contributed by atoms with E-state index in [1.807, 2.05) is 29.3 Å². The normalized spacial score (nSPS) is 21.0. The Bertz CT molecular complexity index is 1150. The van der Waals surface area contributed by atoms with Crippen LogP contribution in [-0.4, -0.2) is 53.1 Å². The van der Waals surface area contributed by atoms with Gasteiger partial charge in [-0.3, -0.25) is 4.79 Å². The third-order valence-corrected chi connectivity index (χ3v) is 6.58. The van der Waals surface area contributed by atoms with Gasteiger partial charge in [0, 0.05) is 66.0 Å². The molecule has 30 heavy (non-hydrogen) atoms. The lowest BCUT2D eigenvalue weighted by Gasteiger charge is -2.29. The highest BCUT2D eigenvalue weighted by atomic mass is 35.5. The van der Waals surface area contributed by atoms with E-state index in [2.05, 4.69) is 21.4 Å². The fourth-order valence-electron chi connectivity index (χ4n) is 4.65. The highest BCUT2D eigenvalue weighted by Gasteiger charge is 2.35. The summed E-state index contributed by atoms with van der Waals surface area (Å²) in [5, 5.41) is 5.02. The zero-order valence-corrected chi connectivity index (χ0v) is 17.3. The summed E-state index contributed by atoms with van der Waals surface area (Å²) in [6.45, 7) is 3.10. The van der Waals surface area contributed by atoms with Gasteiger partial charge in [0.2, 0.25) is 0 Å². The molecule has 2 aromatic heterocycles. The summed E-state index contributed by atoms with van der Waals surface area (Å²) in [6, 6.07) is 8.09. The third kappa shape index (κ3) is 3.06. The van der Waals surface area contributed by atoms with Crippen LogP contribution in [-0.2, 0) is 11.2 Å². The largest absolute Gasteiger partial charge is 0.479 e. The molecule has 1 saturated heterocycles. The maximum atomic E-state index is 13.0. The predicted molar refractivity (Wildman–Crippen MR) is 116 cm³/mol. The molecule has 2 fully saturated rings. The van der Waals surface area contributed by atoms with Crippen LogP contribution < -0.4 is 10.1 Å². The van der Waals surface area contributed by atoms with Crippen molar-refractivity contribution in [2.75, 3.05) is 26.2 Å². The molecule has 0 radical (unpaired) electrons. The van der Waals surface area contributed by atoms with Crippen LogP contribution in [0.5, 0.6) is 5.75 Å². The maximum Gasteiger partial charge on any atom is 0.264 e. The fourth-order valence-corrected chi connectivity index (χ4v) is 4.89. The number of aromatic nitrogens is 2. The molecule has 2 aliphatic heterocycles. The number of hydrogen-bond donors (Lipinski definition) is 2. The molecule has 3 aromatic rings. The second-order valence-electron chi connectivity index (χ2n) is 8.45. The number of carbonyl (C=O) groups is 1. The average Bonchev–Trinajstić information content (AvgIpc) is 3.38. The van der Waals surface area contributed by atoms with E-state index in [0.717, 1.165) is 59.7 Å². The van der Waals surface area contributed by atoms with Crippen LogP contribution >= 0.6 is 11.6 Å². The van der Waals surface area contributed by atoms with E-state index >= 15 is 0 Å². The number of nitrogens with one attached hydrogen (secondary N) is 2. The zero-order valence-electron chi connectivity index (χ0n) is 16.6. The summed E-state index contributed by atoms with van der Waals surface area (Å²) < 4.78 is 6.28. The molecule has 1 unspecified atom stereocenters. The van der Waals surface area contributed by atoms with Crippen LogP contribution in [0.4, 0.5) is 0 Å². The van der Waals surface area contributed by atoms with E-state index in [1.54, 1.807) is 0 Å². The van der Waals surface area contributed by atoms with Crippen molar-refractivity contribution in [2.24, 2.45) is 0 Å². The SMILES string of the molecule is O=C(C1Cc2cc(Cl)cc(-c3ccnc4[nH]c(C5CC5)cc34)c2O1)N1CCNCC1. The van der Waals surface area contributed by atoms with Crippen molar-refractivity contribution >= 4 is 28.5 Å². The molecule has 6 nitrogen and oxygen atoms in total. The summed E-state index contributed by atoms with van der Waals surface area (Å²) in [6.07, 6.45) is 4.35. The smallest absolute Gasteiger partial charge is 0.264 e. The van der Waals surface area contributed by atoms with Gasteiger partial charge in [0.1, 0.15) is 11.4 Å². The van der Waals surface area contributed by atoms with Gasteiger partial charge in [-0.05, 0) is 48.6 Å². The highest BCUT2D eigenvalue weighted by Crippen LogP contribution is 2.45. The molecule has 1 aromatic carbocycles. The third-order valence-electron chi connectivity index (χ3n) is 6.36. The number of fused-ring (bicyclic) bond motifs is 2. The molecule has 3 aliphatic rings. The van der Waals surface area contributed by atoms with Crippen LogP contribution in [0.15, 0.2) is 30.5 Å². The molecule has 4 heterocycles. The molecule has 6 rings (SSSR count). The lowest BCUT2D eigenvalue weighted by molar-refractivity contribution is -0.138. The molecule has 7 heteroatoms. The van der Waals surface area contributed by atoms with Gasteiger partial charge in [-0.2, -0.15) is 0 Å². The molecular weight excluding hydrogens is 400 g/mol. The van der Waals surface area contributed by atoms with Crippen LogP contribution in [0.1, 0.15) is 30.0 Å². The molecule has 1 saturated carbocycles. The lowest BCUT2D eigenvalue weighted by atomic mass is 9.99. The van der Waals surface area contributed by atoms with Gasteiger partial charge in [-0.25, -0.2) is 4.98 Å². The first-order valence-electron chi connectivity index (χ1n) is 10.6. The van der Waals surface area contributed by atoms with Crippen molar-refractivity contribution in [3.05, 3.63) is 46.7 Å². The molecule has 154 valence electrons. The number of H-pyrrole nitrogens is 1. The fraction of sp³-hybridized carbons (Fsp3) is 0.391. The molecule has 0 bridgehead atoms. The Kier molecular flexibility index (Phi) is 4.25. The molecule has 1 aliphatic carbocycles. The van der Waals surface area contributed by atoms with Gasteiger partial charge in [-0.1, -0.05) is 11.6 Å². The van der Waals surface area contributed by atoms with Crippen LogP contribution in [0.3, 0.4) is 0 Å². The van der Waals surface area contributed by atoms with Crippen LogP contribution in [0.25, 0.3) is 22.2 Å². The van der Waals surface area contributed by atoms with Crippen molar-refractivity contribution in [3.8, 4) is 16.9 Å². The first kappa shape index (κ1) is 18.2. The minimum absolute atomic E-state index is 0.0623. The number of benzene rings is 1. The molecule has 0 spiro atoms. The molecule has 2 N–H and O–H groups in total. The van der Waals surface area contributed by atoms with Gasteiger partial charge >= 0.3 is 0 Å². The van der Waals surface area contributed by atoms with Gasteiger partial charge < -0.3 is 19.9 Å². The topological polar surface area (TPSA) is 70.2 Å². The Labute approximate surface area is 179 Å². The average molecular weight is 423 g/mol. The summed E-state index contributed by atoms with van der Waals surface area (Å²) in [7, 11) is 0. The Hall–Kier alpha value is -2.57. The van der Waals surface area contributed by atoms with E-state index < -0.39 is 6.10 Å². The Morgan fingerprint density at radius 1 is 1.17 bits per heavy atom. The summed E-state index contributed by atoms with van der Waals surface area (Å²) >= 11 is 6.49. The molecular formula is C23H23ClN4O2. The van der Waals surface area contributed by atoms with E-state index in [0.29, 0.717) is 17.4 Å². The number of hydrogen-bond acceptors (Lipinski definition) is 4. The lowest BCUT2D eigenvalue weighted by Crippen LogP contribution is -2.50. The maximum absolute atomic E-state index is 13.0. The first-order valence-corrected chi connectivity index (χ1v) is 11.0. The number of piperazine rings is 1. The monoisotopic (exact) mass is 422 g/mol. The Morgan fingerprint density at radius 3 is 2.80 bits per heavy atom. The van der Waals surface area contributed by atoms with Crippen molar-refractivity contribution in [2.45, 2.75) is 31.3 Å². The number of aromatic amines is 1. The number of carbonyl (C=O) groups excluding carboxylic acids is 1. The number of ether oxygens (including phenoxy) is 1. The van der Waals surface area contributed by atoms with Crippen molar-refractivity contribution in [3.63, 3.8) is 0 Å². The van der Waals surface area contributed by atoms with Crippen LogP contribution in [0, 0.1) is 0 Å². The Balaban J connectivity index is 1.39. The number of nitrogens with zero attached hydrogens (tertiary/aromatic N) is 2. The van der Waals surface area contributed by atoms with E-state index in [-0.39, 0.29) is 5.91 Å². The number of rotatable bonds is 3. The number of pyridine rings is 1. The Morgan fingerprint density at radius 2 is 2.00 bits per heavy atom. The van der Waals surface area contributed by atoms with E-state index in [1.165, 1.54) is 18.5 Å². The van der Waals surface area contributed by atoms with Gasteiger partial charge in [0.15, 0.2) is 6.10 Å². The minimum atomic E-state index is -0.485. The summed E-state index contributed by atoms with van der Waals surface area (Å²) in [4.78, 5) is 22.9. The first-order chi connectivity index (χ1) is 14.7. The summed E-state index contributed by atoms with van der Waals surface area (Å²) in [5.41, 5.74) is 5.10. The highest BCUT2D eigenvalue weighted by molar-refractivity contribution is 6.31. The van der Waals surface area contributed by atoms with E-state index in [9.17, 15) is 4.79 Å². The number of halogens is 1.